The average Bonchev–Trinajstić information content (AvgIpc) is 2.93. The van der Waals surface area contributed by atoms with Crippen molar-refractivity contribution in [2.75, 3.05) is 0 Å². The van der Waals surface area contributed by atoms with E-state index in [0.29, 0.717) is 23.0 Å². The molecule has 0 fully saturated rings. The minimum Gasteiger partial charge on any atom is -0.400 e. The number of para-hydroxylation sites is 4. The summed E-state index contributed by atoms with van der Waals surface area (Å²) < 4.78 is 49.7. The van der Waals surface area contributed by atoms with Gasteiger partial charge in [0.2, 0.25) is 0 Å². The van der Waals surface area contributed by atoms with Gasteiger partial charge >= 0.3 is 15.5 Å². The monoisotopic (exact) mass is 614 g/mol. The minimum absolute atomic E-state index is 0.192. The lowest BCUT2D eigenvalue weighted by Gasteiger charge is -2.23. The normalized spacial score (nSPS) is 10.9. The summed E-state index contributed by atoms with van der Waals surface area (Å²) in [6, 6.07) is 33.9. The lowest BCUT2D eigenvalue weighted by molar-refractivity contribution is 0.377. The van der Waals surface area contributed by atoms with Gasteiger partial charge in [-0.05, 0) is 73.0 Å². The van der Waals surface area contributed by atoms with Gasteiger partial charge in [-0.1, -0.05) is 72.8 Å². The van der Waals surface area contributed by atoms with E-state index in [1.807, 2.05) is 0 Å². The summed E-state index contributed by atoms with van der Waals surface area (Å²) in [6.07, 6.45) is 0. The molecule has 0 amide bonds. The molecule has 0 aliphatic rings. The molecule has 0 aliphatic heterocycles. The largest absolute Gasteiger partial charge is 0.543 e. The first-order chi connectivity index (χ1) is 19.3. The number of hydrogen-bond acceptors (Lipinski definition) is 8. The third kappa shape index (κ3) is 9.29. The molecule has 206 valence electrons. The predicted molar refractivity (Wildman–Crippen MR) is 161 cm³/mol. The van der Waals surface area contributed by atoms with Crippen LogP contribution in [0.25, 0.3) is 0 Å². The molecule has 0 unspecified atom stereocenters. The second-order valence-corrected chi connectivity index (χ2v) is 11.7. The Bertz CT molecular complexity index is 1300. The van der Waals surface area contributed by atoms with E-state index in [-0.39, 0.29) is 10.2 Å². The third-order valence-electron chi connectivity index (χ3n) is 4.64. The van der Waals surface area contributed by atoms with Gasteiger partial charge in [0.15, 0.2) is 10.2 Å². The maximum absolute atomic E-state index is 13.6. The van der Waals surface area contributed by atoms with Crippen LogP contribution in [0.5, 0.6) is 23.0 Å². The highest BCUT2D eigenvalue weighted by atomic mass is 32.1. The zero-order chi connectivity index (χ0) is 28.3. The fraction of sp³-hybridized carbons (Fsp3) is 0. The molecule has 0 heterocycles. The highest BCUT2D eigenvalue weighted by molar-refractivity contribution is 7.81. The molecular weight excluding hydrogens is 590 g/mol. The van der Waals surface area contributed by atoms with E-state index in [0.717, 1.165) is 0 Å². The van der Waals surface area contributed by atoms with Crippen LogP contribution in [-0.4, -0.2) is 10.2 Å². The number of hydrazine groups is 1. The fourth-order valence-corrected chi connectivity index (χ4v) is 6.26. The van der Waals surface area contributed by atoms with Crippen molar-refractivity contribution in [1.29, 1.82) is 0 Å². The van der Waals surface area contributed by atoms with E-state index in [4.69, 9.17) is 42.5 Å². The van der Waals surface area contributed by atoms with Gasteiger partial charge in [-0.2, -0.15) is 0 Å². The number of benzene rings is 4. The SMILES string of the molecule is O=P(NC(=S)NNC(=S)NP(=O)(Oc1ccccc1)Oc1ccccc1)(Oc1ccccc1)Oc1ccccc1. The molecule has 4 aromatic rings. The summed E-state index contributed by atoms with van der Waals surface area (Å²) in [5, 5.41) is 4.69. The van der Waals surface area contributed by atoms with E-state index in [1.54, 1.807) is 121 Å². The van der Waals surface area contributed by atoms with Crippen molar-refractivity contribution < 1.29 is 27.2 Å². The quantitative estimate of drug-likeness (QED) is 0.0904. The van der Waals surface area contributed by atoms with Crippen molar-refractivity contribution in [2.24, 2.45) is 0 Å². The van der Waals surface area contributed by atoms with Crippen LogP contribution in [0.4, 0.5) is 0 Å². The van der Waals surface area contributed by atoms with Crippen LogP contribution in [0.1, 0.15) is 0 Å². The third-order valence-corrected chi connectivity index (χ3v) is 8.15. The van der Waals surface area contributed by atoms with Crippen LogP contribution >= 0.6 is 39.9 Å². The molecule has 40 heavy (non-hydrogen) atoms. The van der Waals surface area contributed by atoms with E-state index in [1.165, 1.54) is 0 Å². The maximum atomic E-state index is 13.6. The summed E-state index contributed by atoms with van der Waals surface area (Å²) in [4.78, 5) is 0. The molecule has 4 N–H and O–H groups in total. The molecule has 0 spiro atoms. The molecule has 4 rings (SSSR count). The minimum atomic E-state index is -4.07. The van der Waals surface area contributed by atoms with Crippen molar-refractivity contribution >= 4 is 50.2 Å². The van der Waals surface area contributed by atoms with Gasteiger partial charge in [0.1, 0.15) is 23.0 Å². The van der Waals surface area contributed by atoms with Crippen LogP contribution in [0.15, 0.2) is 121 Å². The van der Waals surface area contributed by atoms with Gasteiger partial charge in [-0.15, -0.1) is 0 Å². The molecule has 0 aromatic heterocycles. The Morgan fingerprint density at radius 2 is 0.675 bits per heavy atom. The number of rotatable bonds is 10. The summed E-state index contributed by atoms with van der Waals surface area (Å²) >= 11 is 10.5. The van der Waals surface area contributed by atoms with Crippen molar-refractivity contribution in [3.05, 3.63) is 121 Å². The van der Waals surface area contributed by atoms with Crippen LogP contribution in [0.3, 0.4) is 0 Å². The predicted octanol–water partition coefficient (Wildman–Crippen LogP) is 6.36. The Kier molecular flexibility index (Phi) is 9.99. The Morgan fingerprint density at radius 1 is 0.450 bits per heavy atom. The highest BCUT2D eigenvalue weighted by Crippen LogP contribution is 2.45. The zero-order valence-corrected chi connectivity index (χ0v) is 24.1. The van der Waals surface area contributed by atoms with Gasteiger partial charge in [0.25, 0.3) is 0 Å². The Hall–Kier alpha value is -4.08. The molecule has 0 atom stereocenters. The molecule has 0 saturated heterocycles. The van der Waals surface area contributed by atoms with E-state index >= 15 is 0 Å². The van der Waals surface area contributed by atoms with Gasteiger partial charge < -0.3 is 18.1 Å². The highest BCUT2D eigenvalue weighted by Gasteiger charge is 2.32. The zero-order valence-electron chi connectivity index (χ0n) is 20.7. The maximum Gasteiger partial charge on any atom is 0.543 e. The van der Waals surface area contributed by atoms with E-state index in [9.17, 15) is 9.13 Å². The standard InChI is InChI=1S/C26H24N4O6P2S2/c31-37(33-21-13-5-1-6-14-21,34-22-15-7-2-8-16-22)29-25(39)27-28-26(40)30-38(32,35-23-17-9-3-10-18-23)36-24-19-11-4-12-20-24/h1-20H,(H2,27,29,31,39)(H2,28,30,32,40). The topological polar surface area (TPSA) is 119 Å². The first kappa shape index (κ1) is 28.9. The number of thiocarbonyl (C=S) groups is 2. The lowest BCUT2D eigenvalue weighted by atomic mass is 10.3. The van der Waals surface area contributed by atoms with Crippen LogP contribution in [-0.2, 0) is 9.13 Å². The molecule has 10 nitrogen and oxygen atoms in total. The van der Waals surface area contributed by atoms with Gasteiger partial charge in [0, 0.05) is 0 Å². The van der Waals surface area contributed by atoms with E-state index in [2.05, 4.69) is 21.0 Å². The molecule has 14 heteroatoms. The lowest BCUT2D eigenvalue weighted by Crippen LogP contribution is -2.49. The first-order valence-electron chi connectivity index (χ1n) is 11.7. The molecule has 0 radical (unpaired) electrons. The molecular formula is C26H24N4O6P2S2. The summed E-state index contributed by atoms with van der Waals surface area (Å²) in [5.74, 6) is 1.16. The van der Waals surface area contributed by atoms with E-state index < -0.39 is 15.5 Å². The summed E-state index contributed by atoms with van der Waals surface area (Å²) in [7, 11) is -8.15. The average molecular weight is 615 g/mol. The second-order valence-electron chi connectivity index (χ2n) is 7.74. The Balaban J connectivity index is 1.41. The van der Waals surface area contributed by atoms with Crippen molar-refractivity contribution in [3.63, 3.8) is 0 Å². The Morgan fingerprint density at radius 3 is 0.900 bits per heavy atom. The molecule has 0 bridgehead atoms. The fourth-order valence-electron chi connectivity index (χ4n) is 3.03. The molecule has 0 aliphatic carbocycles. The van der Waals surface area contributed by atoms with Gasteiger partial charge in [-0.25, -0.2) is 19.3 Å². The van der Waals surface area contributed by atoms with Gasteiger partial charge in [0.05, 0.1) is 0 Å². The van der Waals surface area contributed by atoms with Crippen LogP contribution in [0, 0.1) is 0 Å². The van der Waals surface area contributed by atoms with Crippen molar-refractivity contribution in [3.8, 4) is 23.0 Å². The smallest absolute Gasteiger partial charge is 0.400 e. The first-order valence-corrected chi connectivity index (χ1v) is 15.6. The molecule has 4 aromatic carbocycles. The van der Waals surface area contributed by atoms with Gasteiger partial charge in [-0.3, -0.25) is 10.9 Å². The molecule has 0 saturated carbocycles. The van der Waals surface area contributed by atoms with Crippen molar-refractivity contribution in [1.82, 2.24) is 21.0 Å². The number of nitrogens with one attached hydrogen (secondary N) is 4. The summed E-state index contributed by atoms with van der Waals surface area (Å²) in [5.41, 5.74) is 5.12. The van der Waals surface area contributed by atoms with Crippen LogP contribution < -0.4 is 39.1 Å². The second kappa shape index (κ2) is 13.8. The number of hydrogen-bond donors (Lipinski definition) is 4. The summed E-state index contributed by atoms with van der Waals surface area (Å²) in [6.45, 7) is 0. The van der Waals surface area contributed by atoms with Crippen molar-refractivity contribution in [2.45, 2.75) is 0 Å². The Labute approximate surface area is 242 Å². The van der Waals surface area contributed by atoms with Crippen LogP contribution in [0.2, 0.25) is 0 Å².